The van der Waals surface area contributed by atoms with E-state index in [0.29, 0.717) is 44.7 Å². The third-order valence-electron chi connectivity index (χ3n) is 5.73. The van der Waals surface area contributed by atoms with Crippen LogP contribution in [-0.2, 0) is 0 Å². The Morgan fingerprint density at radius 3 is 2.70 bits per heavy atom. The fourth-order valence-corrected chi connectivity index (χ4v) is 4.76. The fraction of sp³-hybridized carbons (Fsp3) is 0.421. The van der Waals surface area contributed by atoms with Crippen molar-refractivity contribution in [2.75, 3.05) is 18.0 Å². The Bertz CT molecular complexity index is 919. The molecule has 1 aliphatic carbocycles. The number of hydrogen-bond donors (Lipinski definition) is 2. The zero-order valence-electron chi connectivity index (χ0n) is 15.0. The lowest BCUT2D eigenvalue weighted by molar-refractivity contribution is 0.0996. The van der Waals surface area contributed by atoms with Gasteiger partial charge in [-0.15, -0.1) is 0 Å². The van der Waals surface area contributed by atoms with Gasteiger partial charge in [-0.05, 0) is 37.7 Å². The van der Waals surface area contributed by atoms with Crippen LogP contribution in [0.1, 0.15) is 29.0 Å². The number of carbonyl (C=O) groups excluding carboxylic acids is 1. The quantitative estimate of drug-likeness (QED) is 0.817. The zero-order chi connectivity index (χ0) is 19.3. The van der Waals surface area contributed by atoms with Crippen LogP contribution in [0, 0.1) is 18.8 Å². The first-order valence-electron chi connectivity index (χ1n) is 9.00. The van der Waals surface area contributed by atoms with E-state index >= 15 is 0 Å². The molecule has 8 heteroatoms. The molecule has 6 nitrogen and oxygen atoms in total. The molecule has 2 fully saturated rings. The number of rotatable bonds is 3. The Balaban J connectivity index is 1.77. The number of primary amides is 1. The lowest BCUT2D eigenvalue weighted by Gasteiger charge is -2.21. The van der Waals surface area contributed by atoms with Crippen LogP contribution in [0.3, 0.4) is 0 Å². The molecule has 27 heavy (non-hydrogen) atoms. The molecule has 1 aliphatic heterocycles. The van der Waals surface area contributed by atoms with Crippen molar-refractivity contribution in [3.05, 3.63) is 39.6 Å². The monoisotopic (exact) mass is 405 g/mol. The van der Waals surface area contributed by atoms with Crippen LogP contribution in [0.15, 0.2) is 18.2 Å². The average Bonchev–Trinajstić information content (AvgIpc) is 3.19. The summed E-state index contributed by atoms with van der Waals surface area (Å²) in [6.07, 6.45) is 2.20. The van der Waals surface area contributed by atoms with E-state index in [1.807, 2.05) is 6.92 Å². The van der Waals surface area contributed by atoms with E-state index in [1.165, 1.54) is 0 Å². The molecular formula is C19H21Cl2N5O. The Hall–Kier alpha value is -1.89. The Morgan fingerprint density at radius 2 is 2.00 bits per heavy atom. The Labute approximate surface area is 167 Å². The normalized spacial score (nSPS) is 24.3. The number of benzene rings is 1. The van der Waals surface area contributed by atoms with E-state index in [9.17, 15) is 4.79 Å². The predicted molar refractivity (Wildman–Crippen MR) is 107 cm³/mol. The summed E-state index contributed by atoms with van der Waals surface area (Å²) in [4.78, 5) is 23.5. The topological polar surface area (TPSA) is 98.1 Å². The Kier molecular flexibility index (Phi) is 4.74. The summed E-state index contributed by atoms with van der Waals surface area (Å²) in [5.41, 5.74) is 13.8. The largest absolute Gasteiger partial charge is 0.364 e. The maximum Gasteiger partial charge on any atom is 0.268 e. The van der Waals surface area contributed by atoms with Crippen molar-refractivity contribution in [3.63, 3.8) is 0 Å². The van der Waals surface area contributed by atoms with Gasteiger partial charge in [0.25, 0.3) is 5.91 Å². The molecule has 1 aromatic carbocycles. The molecule has 2 aromatic rings. The summed E-state index contributed by atoms with van der Waals surface area (Å²) in [6, 6.07) is 5.46. The van der Waals surface area contributed by atoms with Crippen LogP contribution in [-0.4, -0.2) is 35.0 Å². The predicted octanol–water partition coefficient (Wildman–Crippen LogP) is 3.03. The van der Waals surface area contributed by atoms with Crippen LogP contribution >= 0.6 is 23.2 Å². The van der Waals surface area contributed by atoms with Gasteiger partial charge >= 0.3 is 0 Å². The summed E-state index contributed by atoms with van der Waals surface area (Å²) >= 11 is 12.5. The molecule has 1 amide bonds. The summed E-state index contributed by atoms with van der Waals surface area (Å²) in [5, 5.41) is 0.747. The minimum Gasteiger partial charge on any atom is -0.364 e. The first kappa shape index (κ1) is 18.5. The number of aromatic nitrogens is 2. The number of hydrogen-bond acceptors (Lipinski definition) is 5. The SMILES string of the molecule is Cc1nc(N2C[C@H]3CC[C@H](N)[C@H]3C2)nc(C(N)=O)c1-c1cccc(Cl)c1Cl. The second kappa shape index (κ2) is 6.93. The van der Waals surface area contributed by atoms with Crippen molar-refractivity contribution in [1.29, 1.82) is 0 Å². The summed E-state index contributed by atoms with van der Waals surface area (Å²) < 4.78 is 0. The van der Waals surface area contributed by atoms with Gasteiger partial charge in [-0.1, -0.05) is 35.3 Å². The van der Waals surface area contributed by atoms with Crippen LogP contribution < -0.4 is 16.4 Å². The van der Waals surface area contributed by atoms with E-state index < -0.39 is 5.91 Å². The van der Waals surface area contributed by atoms with E-state index in [1.54, 1.807) is 18.2 Å². The first-order valence-corrected chi connectivity index (χ1v) is 9.75. The molecule has 2 aliphatic rings. The van der Waals surface area contributed by atoms with Crippen molar-refractivity contribution in [1.82, 2.24) is 9.97 Å². The minimum atomic E-state index is -0.621. The van der Waals surface area contributed by atoms with E-state index in [0.717, 1.165) is 25.9 Å². The van der Waals surface area contributed by atoms with Crippen LogP contribution in [0.2, 0.25) is 10.0 Å². The maximum absolute atomic E-state index is 12.2. The molecule has 0 unspecified atom stereocenters. The molecule has 2 heterocycles. The lowest BCUT2D eigenvalue weighted by atomic mass is 9.98. The summed E-state index contributed by atoms with van der Waals surface area (Å²) in [7, 11) is 0. The smallest absolute Gasteiger partial charge is 0.268 e. The van der Waals surface area contributed by atoms with Crippen molar-refractivity contribution in [3.8, 4) is 11.1 Å². The van der Waals surface area contributed by atoms with E-state index in [4.69, 9.17) is 34.7 Å². The van der Waals surface area contributed by atoms with Crippen molar-refractivity contribution in [2.45, 2.75) is 25.8 Å². The average molecular weight is 406 g/mol. The molecule has 4 N–H and O–H groups in total. The Morgan fingerprint density at radius 1 is 1.22 bits per heavy atom. The number of aryl methyl sites for hydroxylation is 1. The number of amides is 1. The highest BCUT2D eigenvalue weighted by Crippen LogP contribution is 2.40. The highest BCUT2D eigenvalue weighted by Gasteiger charge is 2.42. The van der Waals surface area contributed by atoms with Gasteiger partial charge < -0.3 is 16.4 Å². The third kappa shape index (κ3) is 3.16. The van der Waals surface area contributed by atoms with Crippen molar-refractivity contribution in [2.24, 2.45) is 23.3 Å². The minimum absolute atomic E-state index is 0.156. The van der Waals surface area contributed by atoms with Gasteiger partial charge in [0.15, 0.2) is 0 Å². The van der Waals surface area contributed by atoms with Crippen LogP contribution in [0.5, 0.6) is 0 Å². The molecule has 1 saturated carbocycles. The summed E-state index contributed by atoms with van der Waals surface area (Å²) in [5.74, 6) is 0.907. The molecule has 1 saturated heterocycles. The van der Waals surface area contributed by atoms with Gasteiger partial charge in [-0.2, -0.15) is 0 Å². The van der Waals surface area contributed by atoms with Crippen LogP contribution in [0.4, 0.5) is 5.95 Å². The molecule has 4 rings (SSSR count). The summed E-state index contributed by atoms with van der Waals surface area (Å²) in [6.45, 7) is 3.49. The van der Waals surface area contributed by atoms with Crippen molar-refractivity contribution >= 4 is 35.1 Å². The molecular weight excluding hydrogens is 385 g/mol. The third-order valence-corrected chi connectivity index (χ3v) is 6.55. The molecule has 142 valence electrons. The van der Waals surface area contributed by atoms with E-state index in [2.05, 4.69) is 14.9 Å². The van der Waals surface area contributed by atoms with Gasteiger partial charge in [0.05, 0.1) is 15.7 Å². The van der Waals surface area contributed by atoms with Gasteiger partial charge in [0, 0.05) is 30.3 Å². The number of fused-ring (bicyclic) bond motifs is 1. The molecule has 1 aromatic heterocycles. The molecule has 0 bridgehead atoms. The highest BCUT2D eigenvalue weighted by atomic mass is 35.5. The molecule has 0 spiro atoms. The van der Waals surface area contributed by atoms with E-state index in [-0.39, 0.29) is 11.7 Å². The second-order valence-corrected chi connectivity index (χ2v) is 8.15. The molecule has 3 atom stereocenters. The number of halogens is 2. The van der Waals surface area contributed by atoms with Gasteiger partial charge in [0.2, 0.25) is 5.95 Å². The molecule has 0 radical (unpaired) electrons. The zero-order valence-corrected chi connectivity index (χ0v) is 16.5. The van der Waals surface area contributed by atoms with Crippen LogP contribution in [0.25, 0.3) is 11.1 Å². The number of nitrogens with zero attached hydrogens (tertiary/aromatic N) is 3. The number of anilines is 1. The van der Waals surface area contributed by atoms with Crippen molar-refractivity contribution < 1.29 is 4.79 Å². The van der Waals surface area contributed by atoms with Gasteiger partial charge in [-0.25, -0.2) is 9.97 Å². The number of carbonyl (C=O) groups is 1. The second-order valence-electron chi connectivity index (χ2n) is 7.37. The van der Waals surface area contributed by atoms with Gasteiger partial charge in [0.1, 0.15) is 5.69 Å². The highest BCUT2D eigenvalue weighted by molar-refractivity contribution is 6.43. The first-order chi connectivity index (χ1) is 12.9. The number of nitrogens with two attached hydrogens (primary N) is 2. The fourth-order valence-electron chi connectivity index (χ4n) is 4.37. The lowest BCUT2D eigenvalue weighted by Crippen LogP contribution is -2.31. The maximum atomic E-state index is 12.2. The standard InChI is InChI=1S/C19H21Cl2N5O/c1-9-15(11-3-2-4-13(20)16(11)21)17(18(23)27)25-19(24-9)26-7-10-5-6-14(22)12(10)8-26/h2-4,10,12,14H,5-8,22H2,1H3,(H2,23,27)/t10-,12+,14+/m1/s1. The van der Waals surface area contributed by atoms with Gasteiger partial charge in [-0.3, -0.25) is 4.79 Å².